The summed E-state index contributed by atoms with van der Waals surface area (Å²) in [5, 5.41) is 4.26. The van der Waals surface area contributed by atoms with Crippen LogP contribution in [-0.2, 0) is 21.2 Å². The van der Waals surface area contributed by atoms with Gasteiger partial charge >= 0.3 is 6.09 Å². The third-order valence-corrected chi connectivity index (χ3v) is 10.2. The van der Waals surface area contributed by atoms with Gasteiger partial charge in [-0.2, -0.15) is 0 Å². The Labute approximate surface area is 286 Å². The summed E-state index contributed by atoms with van der Waals surface area (Å²) in [6.45, 7) is 7.60. The van der Waals surface area contributed by atoms with E-state index < -0.39 is 21.4 Å². The fraction of sp³-hybridized carbons (Fsp3) is 0.400. The van der Waals surface area contributed by atoms with Crippen molar-refractivity contribution in [3.05, 3.63) is 71.1 Å². The number of hydrogen-bond acceptors (Lipinski definition) is 8. The zero-order valence-corrected chi connectivity index (χ0v) is 29.5. The first-order valence-electron chi connectivity index (χ1n) is 15.9. The molecule has 1 heterocycles. The lowest BCUT2D eigenvalue weighted by molar-refractivity contribution is 0.0185. The molecule has 1 aliphatic carbocycles. The number of fused-ring (bicyclic) bond motifs is 1. The van der Waals surface area contributed by atoms with Crippen LogP contribution in [0.5, 0.6) is 5.75 Å². The topological polar surface area (TPSA) is 123 Å². The molecule has 1 saturated carbocycles. The van der Waals surface area contributed by atoms with Crippen LogP contribution in [0.15, 0.2) is 59.6 Å². The maximum absolute atomic E-state index is 15.5. The highest BCUT2D eigenvalue weighted by atomic mass is 35.5. The van der Waals surface area contributed by atoms with Crippen LogP contribution in [0.2, 0.25) is 5.02 Å². The van der Waals surface area contributed by atoms with Crippen molar-refractivity contribution in [1.29, 1.82) is 0 Å². The summed E-state index contributed by atoms with van der Waals surface area (Å²) in [4.78, 5) is 23.5. The molecule has 0 spiro atoms. The van der Waals surface area contributed by atoms with E-state index in [2.05, 4.69) is 15.0 Å². The van der Waals surface area contributed by atoms with Gasteiger partial charge in [-0.25, -0.2) is 27.6 Å². The highest BCUT2D eigenvalue weighted by Crippen LogP contribution is 2.38. The normalized spacial score (nSPS) is 16.8. The van der Waals surface area contributed by atoms with Gasteiger partial charge in [-0.15, -0.1) is 0 Å². The van der Waals surface area contributed by atoms with E-state index in [0.717, 1.165) is 42.1 Å². The third-order valence-electron chi connectivity index (χ3n) is 8.37. The van der Waals surface area contributed by atoms with Crippen molar-refractivity contribution in [2.75, 3.05) is 24.2 Å². The van der Waals surface area contributed by atoms with Gasteiger partial charge in [0, 0.05) is 42.3 Å². The summed E-state index contributed by atoms with van der Waals surface area (Å²) in [7, 11) is -0.928. The third kappa shape index (κ3) is 7.92. The van der Waals surface area contributed by atoms with Crippen LogP contribution in [0.4, 0.5) is 20.8 Å². The zero-order valence-electron chi connectivity index (χ0n) is 27.9. The molecule has 48 heavy (non-hydrogen) atoms. The Bertz CT molecular complexity index is 1930. The average molecular weight is 698 g/mol. The number of anilines is 2. The van der Waals surface area contributed by atoms with Gasteiger partial charge in [0.15, 0.2) is 0 Å². The van der Waals surface area contributed by atoms with E-state index in [4.69, 9.17) is 26.1 Å². The molecule has 4 aromatic rings. The Morgan fingerprint density at radius 1 is 1.10 bits per heavy atom. The van der Waals surface area contributed by atoms with Gasteiger partial charge in [0.1, 0.15) is 22.1 Å². The van der Waals surface area contributed by atoms with E-state index in [9.17, 15) is 13.2 Å². The number of aryl methyl sites for hydroxylation is 1. The molecule has 1 aliphatic rings. The van der Waals surface area contributed by atoms with Gasteiger partial charge in [0.05, 0.1) is 23.3 Å². The molecule has 2 N–H and O–H groups in total. The van der Waals surface area contributed by atoms with Gasteiger partial charge < -0.3 is 19.7 Å². The lowest BCUT2D eigenvalue weighted by Crippen LogP contribution is -2.43. The second kappa shape index (κ2) is 14.1. The first kappa shape index (κ1) is 35.2. The minimum atomic E-state index is -4.16. The number of aromatic nitrogens is 2. The Hall–Kier alpha value is -4.16. The molecule has 0 atom stereocenters. The lowest BCUT2D eigenvalue weighted by Gasteiger charge is -2.35. The first-order valence-corrected chi connectivity index (χ1v) is 17.7. The summed E-state index contributed by atoms with van der Waals surface area (Å²) in [5.74, 6) is 0.0249. The summed E-state index contributed by atoms with van der Waals surface area (Å²) in [5.41, 5.74) is 2.03. The standard InChI is InChI=1S/C35H41ClFN5O5S/c1-7-21-16-22(26-18-28(37)29(19-30(26)46-6)41-48(44,45)31-11-9-8-10-27(31)36)17-23-20-38-33(40-32(21)23)39-24-12-14-25(15-13-24)42(5)34(43)47-35(2,3)4/h8-11,16-20,24-25,41H,7,12-15H2,1-6H3,(H,38,39,40). The molecule has 0 bridgehead atoms. The minimum absolute atomic E-state index is 0.0216. The van der Waals surface area contributed by atoms with E-state index >= 15 is 4.39 Å². The summed E-state index contributed by atoms with van der Waals surface area (Å²) >= 11 is 6.09. The number of ether oxygens (including phenoxy) is 2. The van der Waals surface area contributed by atoms with Crippen LogP contribution in [0.1, 0.15) is 58.9 Å². The fourth-order valence-electron chi connectivity index (χ4n) is 5.88. The number of carbonyl (C=O) groups is 1. The molecule has 0 unspecified atom stereocenters. The molecular formula is C35H41ClFN5O5S. The van der Waals surface area contributed by atoms with Crippen LogP contribution in [0.25, 0.3) is 22.0 Å². The monoisotopic (exact) mass is 697 g/mol. The minimum Gasteiger partial charge on any atom is -0.496 e. The van der Waals surface area contributed by atoms with Crippen LogP contribution < -0.4 is 14.8 Å². The molecule has 1 fully saturated rings. The molecule has 13 heteroatoms. The van der Waals surface area contributed by atoms with E-state index in [1.165, 1.54) is 37.4 Å². The van der Waals surface area contributed by atoms with Crippen molar-refractivity contribution in [2.24, 2.45) is 0 Å². The number of rotatable bonds is 9. The predicted octanol–water partition coefficient (Wildman–Crippen LogP) is 8.05. The van der Waals surface area contributed by atoms with E-state index in [0.29, 0.717) is 23.5 Å². The maximum Gasteiger partial charge on any atom is 0.410 e. The highest BCUT2D eigenvalue weighted by molar-refractivity contribution is 7.92. The molecule has 0 saturated heterocycles. The average Bonchev–Trinajstić information content (AvgIpc) is 3.04. The van der Waals surface area contributed by atoms with Crippen LogP contribution in [0, 0.1) is 5.82 Å². The molecular weight excluding hydrogens is 657 g/mol. The number of nitrogens with one attached hydrogen (secondary N) is 2. The first-order chi connectivity index (χ1) is 22.7. The van der Waals surface area contributed by atoms with E-state index in [-0.39, 0.29) is 39.5 Å². The van der Waals surface area contributed by atoms with Gasteiger partial charge in [-0.05, 0) is 94.3 Å². The smallest absolute Gasteiger partial charge is 0.410 e. The molecule has 1 aromatic heterocycles. The molecule has 1 amide bonds. The van der Waals surface area contributed by atoms with Crippen LogP contribution in [-0.4, -0.2) is 61.2 Å². The second-order valence-electron chi connectivity index (χ2n) is 12.9. The molecule has 3 aromatic carbocycles. The predicted molar refractivity (Wildman–Crippen MR) is 187 cm³/mol. The van der Waals surface area contributed by atoms with Crippen molar-refractivity contribution in [1.82, 2.24) is 14.9 Å². The molecule has 5 rings (SSSR count). The van der Waals surface area contributed by atoms with Crippen molar-refractivity contribution in [3.63, 3.8) is 0 Å². The van der Waals surface area contributed by atoms with Gasteiger partial charge in [0.2, 0.25) is 5.95 Å². The zero-order chi connectivity index (χ0) is 34.8. The van der Waals surface area contributed by atoms with Crippen molar-refractivity contribution in [3.8, 4) is 16.9 Å². The number of sulfonamides is 1. The molecule has 256 valence electrons. The summed E-state index contributed by atoms with van der Waals surface area (Å²) < 4.78 is 54.8. The Balaban J connectivity index is 1.34. The number of carbonyl (C=O) groups excluding carboxylic acids is 1. The van der Waals surface area contributed by atoms with Gasteiger partial charge in [0.25, 0.3) is 10.0 Å². The highest BCUT2D eigenvalue weighted by Gasteiger charge is 2.30. The number of nitrogens with zero attached hydrogens (tertiary/aromatic N) is 3. The van der Waals surface area contributed by atoms with E-state index in [1.807, 2.05) is 39.8 Å². The van der Waals surface area contributed by atoms with Crippen molar-refractivity contribution >= 4 is 50.3 Å². The number of benzene rings is 3. The fourth-order valence-corrected chi connectivity index (χ4v) is 7.45. The molecule has 10 nitrogen and oxygen atoms in total. The number of amides is 1. The number of halogens is 2. The number of methoxy groups -OCH3 is 1. The molecule has 0 radical (unpaired) electrons. The SMILES string of the molecule is CCc1cc(-c2cc(F)c(NS(=O)(=O)c3ccccc3Cl)cc2OC)cc2cnc(NC3CCC(N(C)C(=O)OC(C)(C)C)CC3)nc12. The summed E-state index contributed by atoms with van der Waals surface area (Å²) in [6, 6.07) is 12.6. The molecule has 0 aliphatic heterocycles. The van der Waals surface area contributed by atoms with Crippen molar-refractivity contribution in [2.45, 2.75) is 82.4 Å². The number of hydrogen-bond donors (Lipinski definition) is 2. The van der Waals surface area contributed by atoms with Crippen molar-refractivity contribution < 1.29 is 27.1 Å². The Kier molecular flexibility index (Phi) is 10.4. The van der Waals surface area contributed by atoms with Gasteiger partial charge in [-0.3, -0.25) is 4.72 Å². The Morgan fingerprint density at radius 3 is 2.46 bits per heavy atom. The quantitative estimate of drug-likeness (QED) is 0.180. The van der Waals surface area contributed by atoms with Gasteiger partial charge in [-0.1, -0.05) is 30.7 Å². The van der Waals surface area contributed by atoms with Crippen LogP contribution in [0.3, 0.4) is 0 Å². The van der Waals surface area contributed by atoms with E-state index in [1.54, 1.807) is 24.2 Å². The van der Waals surface area contributed by atoms with Crippen LogP contribution >= 0.6 is 11.6 Å². The maximum atomic E-state index is 15.5. The second-order valence-corrected chi connectivity index (χ2v) is 15.0. The lowest BCUT2D eigenvalue weighted by atomic mass is 9.90. The largest absolute Gasteiger partial charge is 0.496 e. The summed E-state index contributed by atoms with van der Waals surface area (Å²) in [6.07, 6.45) is 5.47. The Morgan fingerprint density at radius 2 is 1.81 bits per heavy atom.